The Labute approximate surface area is 220 Å². The molecule has 0 unspecified atom stereocenters. The van der Waals surface area contributed by atoms with Crippen LogP contribution in [0.4, 0.5) is 5.13 Å². The summed E-state index contributed by atoms with van der Waals surface area (Å²) in [5.41, 5.74) is 2.78. The number of carbonyl (C=O) groups excluding carboxylic acids is 1. The fourth-order valence-corrected chi connectivity index (χ4v) is 5.31. The molecule has 10 heteroatoms. The molecule has 36 heavy (non-hydrogen) atoms. The topological polar surface area (TPSA) is 73.4 Å². The number of anilines is 1. The van der Waals surface area contributed by atoms with E-state index in [1.165, 1.54) is 11.3 Å². The average Bonchev–Trinajstić information content (AvgIpc) is 3.54. The summed E-state index contributed by atoms with van der Waals surface area (Å²) in [6.45, 7) is 7.13. The van der Waals surface area contributed by atoms with Crippen molar-refractivity contribution in [3.63, 3.8) is 0 Å². The highest BCUT2D eigenvalue weighted by atomic mass is 35.5. The molecule has 2 aliphatic heterocycles. The quantitative estimate of drug-likeness (QED) is 0.395. The van der Waals surface area contributed by atoms with Crippen LogP contribution in [0.2, 0.25) is 0 Å². The van der Waals surface area contributed by atoms with Gasteiger partial charge in [-0.05, 0) is 48.7 Å². The highest BCUT2D eigenvalue weighted by molar-refractivity contribution is 7.22. The smallest absolute Gasteiger partial charge is 0.252 e. The highest BCUT2D eigenvalue weighted by Gasteiger charge is 2.21. The van der Waals surface area contributed by atoms with E-state index in [0.29, 0.717) is 23.2 Å². The van der Waals surface area contributed by atoms with Gasteiger partial charge in [0.2, 0.25) is 6.79 Å². The first-order chi connectivity index (χ1) is 17.1. The number of aromatic nitrogens is 1. The Bertz CT molecular complexity index is 1240. The van der Waals surface area contributed by atoms with E-state index in [9.17, 15) is 4.79 Å². The molecule has 0 bridgehead atoms. The molecule has 1 saturated heterocycles. The number of carbonyl (C=O) groups is 1. The SMILES string of the molecule is COc1ccc(C)c2sc(N(CCCN3CCOCC3)C(=O)/C=C/c3ccc4c(c3)OCO4)nc12.Cl. The summed E-state index contributed by atoms with van der Waals surface area (Å²) >= 11 is 1.52. The van der Waals surface area contributed by atoms with Crippen LogP contribution >= 0.6 is 23.7 Å². The van der Waals surface area contributed by atoms with Gasteiger partial charge >= 0.3 is 0 Å². The molecular formula is C26H30ClN3O5S. The van der Waals surface area contributed by atoms with Crippen molar-refractivity contribution in [2.45, 2.75) is 13.3 Å². The zero-order chi connectivity index (χ0) is 24.2. The third-order valence-corrected chi connectivity index (χ3v) is 7.40. The average molecular weight is 532 g/mol. The number of amides is 1. The highest BCUT2D eigenvalue weighted by Crippen LogP contribution is 2.37. The number of methoxy groups -OCH3 is 1. The molecule has 0 aliphatic carbocycles. The number of aryl methyl sites for hydroxylation is 1. The van der Waals surface area contributed by atoms with Gasteiger partial charge in [-0.1, -0.05) is 23.5 Å². The number of hydrogen-bond acceptors (Lipinski definition) is 8. The van der Waals surface area contributed by atoms with Crippen molar-refractivity contribution in [2.24, 2.45) is 0 Å². The van der Waals surface area contributed by atoms with Crippen LogP contribution in [0, 0.1) is 6.92 Å². The van der Waals surface area contributed by atoms with Crippen molar-refractivity contribution in [3.05, 3.63) is 47.5 Å². The van der Waals surface area contributed by atoms with Crippen LogP contribution in [0.15, 0.2) is 36.4 Å². The zero-order valence-electron chi connectivity index (χ0n) is 20.4. The van der Waals surface area contributed by atoms with E-state index in [-0.39, 0.29) is 25.1 Å². The molecule has 2 aromatic carbocycles. The normalized spacial score (nSPS) is 15.3. The molecule has 8 nitrogen and oxygen atoms in total. The van der Waals surface area contributed by atoms with Crippen LogP contribution in [-0.2, 0) is 9.53 Å². The molecular weight excluding hydrogens is 502 g/mol. The second kappa shape index (κ2) is 11.9. The van der Waals surface area contributed by atoms with E-state index in [1.807, 2.05) is 37.3 Å². The van der Waals surface area contributed by atoms with Crippen molar-refractivity contribution < 1.29 is 23.7 Å². The lowest BCUT2D eigenvalue weighted by molar-refractivity contribution is -0.114. The van der Waals surface area contributed by atoms with Gasteiger partial charge in [0.15, 0.2) is 16.6 Å². The molecule has 2 aliphatic rings. The van der Waals surface area contributed by atoms with Gasteiger partial charge < -0.3 is 18.9 Å². The Morgan fingerprint density at radius 1 is 1.19 bits per heavy atom. The maximum Gasteiger partial charge on any atom is 0.252 e. The van der Waals surface area contributed by atoms with Crippen LogP contribution in [0.5, 0.6) is 17.2 Å². The number of fused-ring (bicyclic) bond motifs is 2. The minimum atomic E-state index is -0.111. The number of hydrogen-bond donors (Lipinski definition) is 0. The van der Waals surface area contributed by atoms with Gasteiger partial charge in [0.1, 0.15) is 11.3 Å². The van der Waals surface area contributed by atoms with Crippen LogP contribution in [-0.4, -0.2) is 69.1 Å². The van der Waals surface area contributed by atoms with Crippen LogP contribution < -0.4 is 19.1 Å². The molecule has 5 rings (SSSR count). The number of nitrogens with zero attached hydrogens (tertiary/aromatic N) is 3. The molecule has 1 aromatic heterocycles. The fraction of sp³-hybridized carbons (Fsp3) is 0.385. The van der Waals surface area contributed by atoms with Crippen molar-refractivity contribution >= 4 is 51.1 Å². The standard InChI is InChI=1S/C26H29N3O5S.ClH/c1-18-4-7-21(31-2)24-25(18)35-26(27-24)29(11-3-10-28-12-14-32-15-13-28)23(30)9-6-19-5-8-20-22(16-19)34-17-33-20;/h4-9,16H,3,10-15,17H2,1-2H3;1H/b9-6+;. The first-order valence-corrected chi connectivity index (χ1v) is 12.6. The summed E-state index contributed by atoms with van der Waals surface area (Å²) in [6.07, 6.45) is 4.25. The maximum absolute atomic E-state index is 13.4. The van der Waals surface area contributed by atoms with Crippen LogP contribution in [0.25, 0.3) is 16.3 Å². The number of morpholine rings is 1. The van der Waals surface area contributed by atoms with Crippen LogP contribution in [0.1, 0.15) is 17.5 Å². The first kappa shape index (κ1) is 26.2. The Hall–Kier alpha value is -2.85. The Kier molecular flexibility index (Phi) is 8.68. The summed E-state index contributed by atoms with van der Waals surface area (Å²) in [5.74, 6) is 2.01. The summed E-state index contributed by atoms with van der Waals surface area (Å²) < 4.78 is 22.8. The predicted molar refractivity (Wildman–Crippen MR) is 144 cm³/mol. The molecule has 192 valence electrons. The number of rotatable bonds is 8. The van der Waals surface area contributed by atoms with Gasteiger partial charge in [0, 0.05) is 32.3 Å². The second-order valence-electron chi connectivity index (χ2n) is 8.50. The molecule has 0 radical (unpaired) electrons. The summed E-state index contributed by atoms with van der Waals surface area (Å²) in [4.78, 5) is 22.4. The minimum Gasteiger partial charge on any atom is -0.494 e. The third-order valence-electron chi connectivity index (χ3n) is 6.18. The van der Waals surface area contributed by atoms with E-state index in [2.05, 4.69) is 4.90 Å². The Morgan fingerprint density at radius 2 is 2.00 bits per heavy atom. The molecule has 3 heterocycles. The van der Waals surface area contributed by atoms with E-state index < -0.39 is 0 Å². The lowest BCUT2D eigenvalue weighted by atomic mass is 10.2. The predicted octanol–water partition coefficient (Wildman–Crippen LogP) is 4.53. The van der Waals surface area contributed by atoms with Crippen LogP contribution in [0.3, 0.4) is 0 Å². The van der Waals surface area contributed by atoms with Gasteiger partial charge in [-0.15, -0.1) is 12.4 Å². The molecule has 0 atom stereocenters. The molecule has 0 N–H and O–H groups in total. The van der Waals surface area contributed by atoms with Gasteiger partial charge in [-0.25, -0.2) is 4.98 Å². The van der Waals surface area contributed by atoms with E-state index >= 15 is 0 Å². The monoisotopic (exact) mass is 531 g/mol. The number of thiazole rings is 1. The van der Waals surface area contributed by atoms with Crippen molar-refractivity contribution in [1.29, 1.82) is 0 Å². The first-order valence-electron chi connectivity index (χ1n) is 11.8. The van der Waals surface area contributed by atoms with E-state index in [4.69, 9.17) is 23.9 Å². The summed E-state index contributed by atoms with van der Waals surface area (Å²) in [5, 5.41) is 0.676. The number of ether oxygens (including phenoxy) is 4. The molecule has 0 spiro atoms. The van der Waals surface area contributed by atoms with Gasteiger partial charge in [0.25, 0.3) is 5.91 Å². The number of halogens is 1. The third kappa shape index (κ3) is 5.75. The Morgan fingerprint density at radius 3 is 2.81 bits per heavy atom. The van der Waals surface area contributed by atoms with E-state index in [1.54, 1.807) is 24.2 Å². The second-order valence-corrected chi connectivity index (χ2v) is 9.48. The lowest BCUT2D eigenvalue weighted by Crippen LogP contribution is -2.39. The van der Waals surface area contributed by atoms with Gasteiger partial charge in [-0.3, -0.25) is 14.6 Å². The number of benzene rings is 2. The van der Waals surface area contributed by atoms with Gasteiger partial charge in [0.05, 0.1) is 25.0 Å². The zero-order valence-corrected chi connectivity index (χ0v) is 22.0. The lowest BCUT2D eigenvalue weighted by Gasteiger charge is -2.27. The largest absolute Gasteiger partial charge is 0.494 e. The van der Waals surface area contributed by atoms with E-state index in [0.717, 1.165) is 66.4 Å². The minimum absolute atomic E-state index is 0. The Balaban J connectivity index is 0.00000304. The fourth-order valence-electron chi connectivity index (χ4n) is 4.23. The summed E-state index contributed by atoms with van der Waals surface area (Å²) in [6, 6.07) is 9.58. The summed E-state index contributed by atoms with van der Waals surface area (Å²) in [7, 11) is 1.64. The van der Waals surface area contributed by atoms with Crippen molar-refractivity contribution in [2.75, 3.05) is 58.2 Å². The maximum atomic E-state index is 13.4. The van der Waals surface area contributed by atoms with Crippen molar-refractivity contribution in [1.82, 2.24) is 9.88 Å². The molecule has 1 amide bonds. The molecule has 1 fully saturated rings. The molecule has 0 saturated carbocycles. The van der Waals surface area contributed by atoms with Crippen molar-refractivity contribution in [3.8, 4) is 17.2 Å². The van der Waals surface area contributed by atoms with Gasteiger partial charge in [-0.2, -0.15) is 0 Å². The molecule has 3 aromatic rings.